The average molecular weight is 373 g/mol. The maximum absolute atomic E-state index is 13.2. The number of Topliss-reactive ketones (excluding diaryl/α,β-unsaturated/α-hetero) is 1. The maximum atomic E-state index is 13.2. The van der Waals surface area contributed by atoms with Gasteiger partial charge in [0.1, 0.15) is 6.04 Å². The van der Waals surface area contributed by atoms with Crippen LogP contribution in [0.5, 0.6) is 0 Å². The maximum Gasteiger partial charge on any atom is 0.204 e. The normalized spacial score (nSPS) is 12.6. The molecule has 28 heavy (non-hydrogen) atoms. The van der Waals surface area contributed by atoms with Crippen LogP contribution in [0.3, 0.4) is 0 Å². The molecule has 0 unspecified atom stereocenters. The molecule has 2 heterocycles. The molecule has 0 aliphatic heterocycles. The topological polar surface area (TPSA) is 76.5 Å². The number of aryl methyl sites for hydroxylation is 1. The van der Waals surface area contributed by atoms with Crippen molar-refractivity contribution in [1.29, 1.82) is 0 Å². The van der Waals surface area contributed by atoms with Crippen molar-refractivity contribution in [2.45, 2.75) is 39.7 Å². The highest BCUT2D eigenvalue weighted by Gasteiger charge is 2.24. The van der Waals surface area contributed by atoms with Crippen LogP contribution in [0, 0.1) is 6.92 Å². The van der Waals surface area contributed by atoms with Crippen molar-refractivity contribution in [2.75, 3.05) is 0 Å². The minimum atomic E-state index is -0.547. The summed E-state index contributed by atoms with van der Waals surface area (Å²) >= 11 is 0. The summed E-state index contributed by atoms with van der Waals surface area (Å²) in [5.41, 5.74) is 4.63. The number of ketones is 1. The lowest BCUT2D eigenvalue weighted by Gasteiger charge is -2.09. The first-order valence-corrected chi connectivity index (χ1v) is 9.47. The molecular formula is C22H23N5O. The van der Waals surface area contributed by atoms with Gasteiger partial charge >= 0.3 is 0 Å². The Hall–Kier alpha value is -3.28. The smallest absolute Gasteiger partial charge is 0.204 e. The Morgan fingerprint density at radius 2 is 1.75 bits per heavy atom. The van der Waals surface area contributed by atoms with E-state index < -0.39 is 6.04 Å². The average Bonchev–Trinajstić information content (AvgIpc) is 3.31. The quantitative estimate of drug-likeness (QED) is 0.515. The number of rotatable bonds is 5. The lowest BCUT2D eigenvalue weighted by atomic mass is 10.0. The van der Waals surface area contributed by atoms with Crippen molar-refractivity contribution in [3.8, 4) is 11.4 Å². The second kappa shape index (κ2) is 7.03. The highest BCUT2D eigenvalue weighted by Crippen LogP contribution is 2.26. The molecule has 0 aliphatic carbocycles. The highest BCUT2D eigenvalue weighted by molar-refractivity contribution is 6.10. The minimum absolute atomic E-state index is 0.0333. The number of hydrogen-bond donors (Lipinski definition) is 1. The molecule has 0 aliphatic rings. The summed E-state index contributed by atoms with van der Waals surface area (Å²) in [6, 6.07) is 15.4. The fraction of sp³-hybridized carbons (Fsp3) is 0.273. The van der Waals surface area contributed by atoms with E-state index in [1.807, 2.05) is 43.3 Å². The van der Waals surface area contributed by atoms with Crippen LogP contribution in [-0.4, -0.2) is 31.0 Å². The van der Waals surface area contributed by atoms with Gasteiger partial charge in [0, 0.05) is 27.7 Å². The van der Waals surface area contributed by atoms with E-state index in [-0.39, 0.29) is 5.78 Å². The van der Waals surface area contributed by atoms with Crippen molar-refractivity contribution in [2.24, 2.45) is 0 Å². The minimum Gasteiger partial charge on any atom is -0.358 e. The third-order valence-corrected chi connectivity index (χ3v) is 5.13. The Morgan fingerprint density at radius 3 is 2.46 bits per heavy atom. The standard InChI is InChI=1S/C22H23N5O/c1-13(2)16-9-11-17(12-10-16)22-24-26-27(25-22)15(4)21(28)20-14(3)23-19-8-6-5-7-18(19)20/h5-13,15,23H,1-4H3/t15-/m1/s1. The second-order valence-electron chi connectivity index (χ2n) is 7.42. The lowest BCUT2D eigenvalue weighted by molar-refractivity contribution is 0.0919. The Balaban J connectivity index is 1.63. The zero-order chi connectivity index (χ0) is 19.8. The predicted octanol–water partition coefficient (Wildman–Crippen LogP) is 4.70. The third kappa shape index (κ3) is 3.11. The number of fused-ring (bicyclic) bond motifs is 1. The summed E-state index contributed by atoms with van der Waals surface area (Å²) < 4.78 is 0. The molecule has 4 rings (SSSR count). The van der Waals surface area contributed by atoms with Crippen molar-refractivity contribution in [3.05, 3.63) is 65.4 Å². The zero-order valence-electron chi connectivity index (χ0n) is 16.5. The zero-order valence-corrected chi connectivity index (χ0v) is 16.5. The molecule has 0 saturated heterocycles. The molecular weight excluding hydrogens is 350 g/mol. The first-order chi connectivity index (χ1) is 13.5. The van der Waals surface area contributed by atoms with Gasteiger partial charge in [-0.15, -0.1) is 10.2 Å². The molecule has 0 radical (unpaired) electrons. The monoisotopic (exact) mass is 373 g/mol. The SMILES string of the molecule is Cc1[nH]c2ccccc2c1C(=O)[C@@H](C)n1nnc(-c2ccc(C(C)C)cc2)n1. The Bertz CT molecular complexity index is 1140. The van der Waals surface area contributed by atoms with Crippen LogP contribution in [0.15, 0.2) is 48.5 Å². The van der Waals surface area contributed by atoms with E-state index >= 15 is 0 Å². The van der Waals surface area contributed by atoms with E-state index in [1.54, 1.807) is 6.92 Å². The number of para-hydroxylation sites is 1. The first-order valence-electron chi connectivity index (χ1n) is 9.47. The van der Waals surface area contributed by atoms with E-state index in [9.17, 15) is 4.79 Å². The number of carbonyl (C=O) groups excluding carboxylic acids is 1. The molecule has 0 amide bonds. The Morgan fingerprint density at radius 1 is 1.04 bits per heavy atom. The van der Waals surface area contributed by atoms with Crippen molar-refractivity contribution >= 4 is 16.7 Å². The number of tetrazole rings is 1. The number of H-pyrrole nitrogens is 1. The van der Waals surface area contributed by atoms with Gasteiger partial charge in [-0.1, -0.05) is 56.3 Å². The van der Waals surface area contributed by atoms with Gasteiger partial charge in [0.15, 0.2) is 5.78 Å². The molecule has 0 saturated carbocycles. The summed E-state index contributed by atoms with van der Waals surface area (Å²) in [5, 5.41) is 13.7. The predicted molar refractivity (Wildman–Crippen MR) is 109 cm³/mol. The van der Waals surface area contributed by atoms with Gasteiger partial charge in [-0.2, -0.15) is 4.80 Å². The summed E-state index contributed by atoms with van der Waals surface area (Å²) in [6.45, 7) is 8.03. The van der Waals surface area contributed by atoms with E-state index in [1.165, 1.54) is 10.4 Å². The molecule has 142 valence electrons. The van der Waals surface area contributed by atoms with Gasteiger partial charge < -0.3 is 4.98 Å². The molecule has 0 spiro atoms. The van der Waals surface area contributed by atoms with Crippen LogP contribution < -0.4 is 0 Å². The van der Waals surface area contributed by atoms with E-state index in [0.717, 1.165) is 22.2 Å². The molecule has 2 aromatic heterocycles. The van der Waals surface area contributed by atoms with Gasteiger partial charge in [0.2, 0.25) is 5.82 Å². The van der Waals surface area contributed by atoms with E-state index in [4.69, 9.17) is 0 Å². The van der Waals surface area contributed by atoms with Crippen molar-refractivity contribution < 1.29 is 4.79 Å². The van der Waals surface area contributed by atoms with Crippen LogP contribution in [0.25, 0.3) is 22.3 Å². The molecule has 1 N–H and O–H groups in total. The molecule has 1 atom stereocenters. The Kier molecular flexibility index (Phi) is 4.55. The number of aromatic amines is 1. The van der Waals surface area contributed by atoms with Crippen LogP contribution in [0.4, 0.5) is 0 Å². The summed E-state index contributed by atoms with van der Waals surface area (Å²) in [6.07, 6.45) is 0. The van der Waals surface area contributed by atoms with Gasteiger partial charge in [0.25, 0.3) is 0 Å². The first kappa shape index (κ1) is 18.1. The van der Waals surface area contributed by atoms with Crippen LogP contribution in [0.1, 0.15) is 54.3 Å². The molecule has 6 heteroatoms. The van der Waals surface area contributed by atoms with Gasteiger partial charge in [-0.05, 0) is 36.6 Å². The van der Waals surface area contributed by atoms with Gasteiger partial charge in [0.05, 0.1) is 0 Å². The van der Waals surface area contributed by atoms with Crippen molar-refractivity contribution in [1.82, 2.24) is 25.2 Å². The fourth-order valence-corrected chi connectivity index (χ4v) is 3.43. The van der Waals surface area contributed by atoms with Crippen molar-refractivity contribution in [3.63, 3.8) is 0 Å². The number of hydrogen-bond acceptors (Lipinski definition) is 4. The van der Waals surface area contributed by atoms with Gasteiger partial charge in [-0.3, -0.25) is 4.79 Å². The third-order valence-electron chi connectivity index (χ3n) is 5.13. The highest BCUT2D eigenvalue weighted by atomic mass is 16.1. The van der Waals surface area contributed by atoms with Crippen LogP contribution in [0.2, 0.25) is 0 Å². The lowest BCUT2D eigenvalue weighted by Crippen LogP contribution is -2.19. The Labute approximate surface area is 163 Å². The molecule has 2 aromatic carbocycles. The van der Waals surface area contributed by atoms with Gasteiger partial charge in [-0.25, -0.2) is 0 Å². The van der Waals surface area contributed by atoms with E-state index in [2.05, 4.69) is 46.4 Å². The summed E-state index contributed by atoms with van der Waals surface area (Å²) in [5.74, 6) is 0.953. The summed E-state index contributed by atoms with van der Waals surface area (Å²) in [7, 11) is 0. The number of benzene rings is 2. The van der Waals surface area contributed by atoms with Crippen LogP contribution in [-0.2, 0) is 0 Å². The number of carbonyl (C=O) groups is 1. The number of aromatic nitrogens is 5. The molecule has 6 nitrogen and oxygen atoms in total. The molecule has 0 bridgehead atoms. The number of nitrogens with one attached hydrogen (secondary N) is 1. The molecule has 4 aromatic rings. The largest absolute Gasteiger partial charge is 0.358 e. The number of nitrogens with zero attached hydrogens (tertiary/aromatic N) is 4. The fourth-order valence-electron chi connectivity index (χ4n) is 3.43. The summed E-state index contributed by atoms with van der Waals surface area (Å²) in [4.78, 5) is 17.8. The molecule has 0 fully saturated rings. The second-order valence-corrected chi connectivity index (χ2v) is 7.42. The van der Waals surface area contributed by atoms with E-state index in [0.29, 0.717) is 17.3 Å². The van der Waals surface area contributed by atoms with Crippen LogP contribution >= 0.6 is 0 Å².